The van der Waals surface area contributed by atoms with E-state index in [2.05, 4.69) is 4.72 Å². The van der Waals surface area contributed by atoms with Gasteiger partial charge in [-0.3, -0.25) is 0 Å². The Kier molecular flexibility index (Phi) is 6.33. The number of hydrogen-bond donors (Lipinski definition) is 1. The van der Waals surface area contributed by atoms with E-state index in [9.17, 15) is 17.2 Å². The van der Waals surface area contributed by atoms with Crippen LogP contribution in [0.3, 0.4) is 0 Å². The maximum absolute atomic E-state index is 14.1. The molecule has 2 aromatic rings. The molecule has 0 aliphatic rings. The Balaban J connectivity index is 2.23. The van der Waals surface area contributed by atoms with Crippen molar-refractivity contribution in [1.29, 1.82) is 0 Å². The van der Waals surface area contributed by atoms with Crippen LogP contribution in [0.4, 0.5) is 8.78 Å². The van der Waals surface area contributed by atoms with Gasteiger partial charge in [-0.25, -0.2) is 21.9 Å². The molecule has 0 saturated carbocycles. The van der Waals surface area contributed by atoms with Gasteiger partial charge in [0, 0.05) is 19.2 Å². The lowest BCUT2D eigenvalue weighted by Gasteiger charge is -2.29. The molecule has 5 nitrogen and oxygen atoms in total. The van der Waals surface area contributed by atoms with Crippen molar-refractivity contribution in [3.8, 4) is 5.75 Å². The molecule has 1 atom stereocenters. The number of benzene rings is 2. The van der Waals surface area contributed by atoms with Gasteiger partial charge in [0.1, 0.15) is 11.4 Å². The third-order valence-corrected chi connectivity index (χ3v) is 5.41. The molecule has 26 heavy (non-hydrogen) atoms. The van der Waals surface area contributed by atoms with Crippen molar-refractivity contribution in [3.63, 3.8) is 0 Å². The van der Waals surface area contributed by atoms with Gasteiger partial charge in [0.2, 0.25) is 10.0 Å². The van der Waals surface area contributed by atoms with Gasteiger partial charge in [-0.2, -0.15) is 0 Å². The summed E-state index contributed by atoms with van der Waals surface area (Å²) >= 11 is 0. The zero-order chi connectivity index (χ0) is 19.4. The smallest absolute Gasteiger partial charge is 0.240 e. The van der Waals surface area contributed by atoms with Gasteiger partial charge in [-0.1, -0.05) is 18.2 Å². The maximum atomic E-state index is 14.1. The predicted molar refractivity (Wildman–Crippen MR) is 93.5 cm³/mol. The molecule has 0 saturated heterocycles. The minimum atomic E-state index is -4.03. The minimum absolute atomic E-state index is 0.0282. The van der Waals surface area contributed by atoms with Crippen molar-refractivity contribution < 1.29 is 26.7 Å². The summed E-state index contributed by atoms with van der Waals surface area (Å²) < 4.78 is 65.7. The largest absolute Gasteiger partial charge is 0.491 e. The molecular weight excluding hydrogens is 364 g/mol. The van der Waals surface area contributed by atoms with Gasteiger partial charge in [0.25, 0.3) is 0 Å². The van der Waals surface area contributed by atoms with Crippen molar-refractivity contribution in [2.45, 2.75) is 24.3 Å². The Morgan fingerprint density at radius 1 is 1.12 bits per heavy atom. The topological polar surface area (TPSA) is 64.6 Å². The number of ether oxygens (including phenoxy) is 2. The molecule has 1 N–H and O–H groups in total. The second-order valence-electron chi connectivity index (χ2n) is 5.76. The highest BCUT2D eigenvalue weighted by molar-refractivity contribution is 7.89. The van der Waals surface area contributed by atoms with E-state index in [-0.39, 0.29) is 29.4 Å². The Labute approximate surface area is 152 Å². The molecule has 0 aromatic heterocycles. The van der Waals surface area contributed by atoms with Gasteiger partial charge in [0.05, 0.1) is 11.5 Å². The van der Waals surface area contributed by atoms with Crippen LogP contribution in [-0.2, 0) is 20.4 Å². The fourth-order valence-electron chi connectivity index (χ4n) is 2.40. The summed E-state index contributed by atoms with van der Waals surface area (Å²) in [6.07, 6.45) is 0. The Hall–Kier alpha value is -2.03. The predicted octanol–water partition coefficient (Wildman–Crippen LogP) is 3.20. The molecule has 2 rings (SSSR count). The van der Waals surface area contributed by atoms with E-state index in [0.717, 1.165) is 6.07 Å². The first-order chi connectivity index (χ1) is 12.2. The second-order valence-corrected chi connectivity index (χ2v) is 7.53. The van der Waals surface area contributed by atoms with Crippen LogP contribution in [0.5, 0.6) is 5.75 Å². The zero-order valence-corrected chi connectivity index (χ0v) is 15.6. The minimum Gasteiger partial charge on any atom is -0.491 e. The molecule has 0 bridgehead atoms. The van der Waals surface area contributed by atoms with Crippen molar-refractivity contribution in [3.05, 3.63) is 59.7 Å². The highest BCUT2D eigenvalue weighted by Crippen LogP contribution is 2.27. The summed E-state index contributed by atoms with van der Waals surface area (Å²) in [5.74, 6) is -1.32. The van der Waals surface area contributed by atoms with Crippen molar-refractivity contribution in [2.75, 3.05) is 20.3 Å². The molecule has 8 heteroatoms. The molecular formula is C18H21F2NO4S. The van der Waals surface area contributed by atoms with Crippen molar-refractivity contribution >= 4 is 10.0 Å². The quantitative estimate of drug-likeness (QED) is 0.758. The van der Waals surface area contributed by atoms with E-state index in [1.54, 1.807) is 19.9 Å². The van der Waals surface area contributed by atoms with Crippen LogP contribution in [-0.4, -0.2) is 28.7 Å². The summed E-state index contributed by atoms with van der Waals surface area (Å²) in [5.41, 5.74) is -1.02. The van der Waals surface area contributed by atoms with Crippen molar-refractivity contribution in [1.82, 2.24) is 4.72 Å². The van der Waals surface area contributed by atoms with E-state index in [4.69, 9.17) is 9.47 Å². The normalized spacial score (nSPS) is 14.0. The summed E-state index contributed by atoms with van der Waals surface area (Å²) in [5, 5.41) is 0. The third kappa shape index (κ3) is 4.38. The lowest BCUT2D eigenvalue weighted by atomic mass is 9.95. The van der Waals surface area contributed by atoms with Gasteiger partial charge >= 0.3 is 0 Å². The van der Waals surface area contributed by atoms with E-state index < -0.39 is 27.3 Å². The molecule has 0 aliphatic carbocycles. The summed E-state index contributed by atoms with van der Waals surface area (Å²) in [6.45, 7) is 3.28. The van der Waals surface area contributed by atoms with Crippen LogP contribution in [0, 0.1) is 11.6 Å². The number of methoxy groups -OCH3 is 1. The van der Waals surface area contributed by atoms with Crippen LogP contribution >= 0.6 is 0 Å². The molecule has 142 valence electrons. The Morgan fingerprint density at radius 2 is 1.81 bits per heavy atom. The van der Waals surface area contributed by atoms with Crippen LogP contribution in [0.25, 0.3) is 0 Å². The number of halogens is 2. The molecule has 0 aliphatic heterocycles. The molecule has 1 unspecified atom stereocenters. The summed E-state index contributed by atoms with van der Waals surface area (Å²) in [4.78, 5) is -0.259. The molecule has 0 amide bonds. The third-order valence-electron chi connectivity index (χ3n) is 4.01. The number of hydrogen-bond acceptors (Lipinski definition) is 4. The lowest BCUT2D eigenvalue weighted by molar-refractivity contribution is 0.00410. The van der Waals surface area contributed by atoms with Crippen LogP contribution in [0.15, 0.2) is 47.4 Å². The maximum Gasteiger partial charge on any atom is 0.240 e. The standard InChI is InChI=1S/C18H21F2NO4S/c1-4-25-17-10-9-13(11-16(17)20)26(22,23)21-12-18(2,24-3)14-7-5-6-8-15(14)19/h5-11,21H,4,12H2,1-3H3. The Bertz CT molecular complexity index is 873. The van der Waals surface area contributed by atoms with E-state index >= 15 is 0 Å². The fraction of sp³-hybridized carbons (Fsp3) is 0.333. The van der Waals surface area contributed by atoms with E-state index in [1.807, 2.05) is 0 Å². The average molecular weight is 385 g/mol. The van der Waals surface area contributed by atoms with Crippen LogP contribution in [0.2, 0.25) is 0 Å². The van der Waals surface area contributed by atoms with E-state index in [1.165, 1.54) is 37.4 Å². The van der Waals surface area contributed by atoms with Crippen LogP contribution < -0.4 is 9.46 Å². The number of nitrogens with one attached hydrogen (secondary N) is 1. The zero-order valence-electron chi connectivity index (χ0n) is 14.8. The van der Waals surface area contributed by atoms with Gasteiger partial charge in [-0.05, 0) is 38.1 Å². The first kappa shape index (κ1) is 20.3. The molecule has 0 fully saturated rings. The number of sulfonamides is 1. The highest BCUT2D eigenvalue weighted by Gasteiger charge is 2.31. The molecule has 0 radical (unpaired) electrons. The SMILES string of the molecule is CCOc1ccc(S(=O)(=O)NCC(C)(OC)c2ccccc2F)cc1F. The highest BCUT2D eigenvalue weighted by atomic mass is 32.2. The summed E-state index contributed by atoms with van der Waals surface area (Å²) in [7, 11) is -2.67. The fourth-order valence-corrected chi connectivity index (χ4v) is 3.54. The van der Waals surface area contributed by atoms with Gasteiger partial charge < -0.3 is 9.47 Å². The first-order valence-corrected chi connectivity index (χ1v) is 9.44. The van der Waals surface area contributed by atoms with Crippen molar-refractivity contribution in [2.24, 2.45) is 0 Å². The van der Waals surface area contributed by atoms with Gasteiger partial charge in [0.15, 0.2) is 11.6 Å². The monoisotopic (exact) mass is 385 g/mol. The Morgan fingerprint density at radius 3 is 2.38 bits per heavy atom. The van der Waals surface area contributed by atoms with E-state index in [0.29, 0.717) is 0 Å². The lowest BCUT2D eigenvalue weighted by Crippen LogP contribution is -2.40. The molecule has 0 heterocycles. The van der Waals surface area contributed by atoms with Crippen LogP contribution in [0.1, 0.15) is 19.4 Å². The van der Waals surface area contributed by atoms with Gasteiger partial charge in [-0.15, -0.1) is 0 Å². The molecule has 2 aromatic carbocycles. The molecule has 0 spiro atoms. The number of rotatable bonds is 8. The first-order valence-electron chi connectivity index (χ1n) is 7.95. The second kappa shape index (κ2) is 8.11. The summed E-state index contributed by atoms with van der Waals surface area (Å²) in [6, 6.07) is 9.31. The average Bonchev–Trinajstić information content (AvgIpc) is 2.62.